The van der Waals surface area contributed by atoms with Crippen LogP contribution < -0.4 is 5.43 Å². The second-order valence-corrected chi connectivity index (χ2v) is 6.44. The van der Waals surface area contributed by atoms with E-state index >= 15 is 0 Å². The minimum absolute atomic E-state index is 0.227. The van der Waals surface area contributed by atoms with Crippen LogP contribution in [0.25, 0.3) is 0 Å². The highest BCUT2D eigenvalue weighted by Gasteiger charge is 2.65. The maximum atomic E-state index is 12.5. The molecule has 0 amide bonds. The quantitative estimate of drug-likeness (QED) is 0.773. The molecule has 0 unspecified atom stereocenters. The molecule has 26 heavy (non-hydrogen) atoms. The first-order valence-corrected chi connectivity index (χ1v) is 8.20. The smallest absolute Gasteiger partial charge is 0.337 e. The number of nitrogens with one attached hydrogen (secondary N) is 1. The largest absolute Gasteiger partial charge is 0.477 e. The fourth-order valence-corrected chi connectivity index (χ4v) is 3.70. The summed E-state index contributed by atoms with van der Waals surface area (Å²) in [6.07, 6.45) is -0.775. The number of fused-ring (bicyclic) bond motifs is 1. The van der Waals surface area contributed by atoms with Crippen molar-refractivity contribution in [2.75, 3.05) is 19.6 Å². The number of methoxy groups -OCH3 is 2. The summed E-state index contributed by atoms with van der Waals surface area (Å²) in [5.74, 6) is -2.65. The van der Waals surface area contributed by atoms with Gasteiger partial charge < -0.3 is 24.7 Å². The Morgan fingerprint density at radius 2 is 1.88 bits per heavy atom. The van der Waals surface area contributed by atoms with Crippen molar-refractivity contribution >= 4 is 17.6 Å². The van der Waals surface area contributed by atoms with Gasteiger partial charge in [-0.15, -0.1) is 0 Å². The number of hydrogen-bond acceptors (Lipinski definition) is 8. The van der Waals surface area contributed by atoms with Crippen molar-refractivity contribution in [3.8, 4) is 0 Å². The Balaban J connectivity index is 2.04. The third-order valence-electron chi connectivity index (χ3n) is 4.89. The van der Waals surface area contributed by atoms with Crippen LogP contribution in [-0.4, -0.2) is 48.2 Å². The lowest BCUT2D eigenvalue weighted by atomic mass is 9.83. The van der Waals surface area contributed by atoms with E-state index in [4.69, 9.17) is 14.2 Å². The summed E-state index contributed by atoms with van der Waals surface area (Å²) >= 11 is 0. The molecular weight excluding hydrogens is 340 g/mol. The van der Waals surface area contributed by atoms with Crippen molar-refractivity contribution in [2.45, 2.75) is 25.8 Å². The molecule has 4 atom stereocenters. The number of nitrogens with zero attached hydrogens (tertiary/aromatic N) is 1. The molecule has 0 bridgehead atoms. The summed E-state index contributed by atoms with van der Waals surface area (Å²) in [6, 6.07) is 9.16. The molecule has 0 radical (unpaired) electrons. The summed E-state index contributed by atoms with van der Waals surface area (Å²) < 4.78 is 15.6. The number of aliphatic hydroxyl groups is 1. The van der Waals surface area contributed by atoms with E-state index < -0.39 is 35.7 Å². The predicted octanol–water partition coefficient (Wildman–Crippen LogP) is 1.25. The number of anilines is 1. The fourth-order valence-electron chi connectivity index (χ4n) is 3.70. The predicted molar refractivity (Wildman–Crippen MR) is 91.1 cm³/mol. The van der Waals surface area contributed by atoms with Gasteiger partial charge >= 0.3 is 11.9 Å². The van der Waals surface area contributed by atoms with Crippen LogP contribution in [0.4, 0.5) is 5.69 Å². The highest BCUT2D eigenvalue weighted by atomic mass is 16.5. The molecule has 1 aromatic carbocycles. The number of para-hydroxylation sites is 1. The van der Waals surface area contributed by atoms with E-state index in [0.29, 0.717) is 11.4 Å². The Morgan fingerprint density at radius 3 is 2.46 bits per heavy atom. The normalized spacial score (nSPS) is 30.6. The van der Waals surface area contributed by atoms with Gasteiger partial charge in [-0.2, -0.15) is 5.01 Å². The minimum atomic E-state index is -1.67. The number of ether oxygens (including phenoxy) is 3. The van der Waals surface area contributed by atoms with Crippen LogP contribution in [0.1, 0.15) is 13.8 Å². The van der Waals surface area contributed by atoms with E-state index in [9.17, 15) is 14.7 Å². The zero-order valence-corrected chi connectivity index (χ0v) is 15.1. The SMILES string of the molecule is COC(=O)C1=C(C)O[C@H]2[C@@H]1[C@H](C(=O)OC)[C@](C)(O)N2Nc1ccccc1. The van der Waals surface area contributed by atoms with Crippen LogP contribution in [0.3, 0.4) is 0 Å². The molecule has 2 aliphatic rings. The van der Waals surface area contributed by atoms with Crippen LogP contribution >= 0.6 is 0 Å². The van der Waals surface area contributed by atoms with Gasteiger partial charge in [0.05, 0.1) is 25.7 Å². The number of esters is 2. The van der Waals surface area contributed by atoms with E-state index in [1.807, 2.05) is 30.3 Å². The number of hydrazine groups is 1. The molecule has 0 aliphatic carbocycles. The van der Waals surface area contributed by atoms with Gasteiger partial charge in [0, 0.05) is 5.69 Å². The van der Waals surface area contributed by atoms with Gasteiger partial charge in [-0.3, -0.25) is 4.79 Å². The second-order valence-electron chi connectivity index (χ2n) is 6.44. The molecule has 1 fully saturated rings. The van der Waals surface area contributed by atoms with Gasteiger partial charge in [0.25, 0.3) is 0 Å². The highest BCUT2D eigenvalue weighted by Crippen LogP contribution is 2.51. The van der Waals surface area contributed by atoms with Crippen LogP contribution in [0.5, 0.6) is 0 Å². The van der Waals surface area contributed by atoms with Crippen molar-refractivity contribution in [2.24, 2.45) is 11.8 Å². The number of benzene rings is 1. The van der Waals surface area contributed by atoms with Crippen molar-refractivity contribution in [3.05, 3.63) is 41.7 Å². The van der Waals surface area contributed by atoms with Gasteiger partial charge in [-0.25, -0.2) is 4.79 Å². The van der Waals surface area contributed by atoms with Crippen LogP contribution in [0.15, 0.2) is 41.7 Å². The molecule has 0 saturated carbocycles. The first kappa shape index (κ1) is 18.2. The van der Waals surface area contributed by atoms with Crippen molar-refractivity contribution in [1.82, 2.24) is 5.01 Å². The molecule has 1 aromatic rings. The zero-order valence-electron chi connectivity index (χ0n) is 15.1. The molecule has 2 aliphatic heterocycles. The second kappa shape index (κ2) is 6.62. The maximum absolute atomic E-state index is 12.5. The minimum Gasteiger partial charge on any atom is -0.477 e. The van der Waals surface area contributed by atoms with Crippen LogP contribution in [0, 0.1) is 11.8 Å². The Kier molecular flexibility index (Phi) is 4.64. The molecule has 1 saturated heterocycles. The molecule has 0 spiro atoms. The van der Waals surface area contributed by atoms with E-state index in [1.165, 1.54) is 26.2 Å². The van der Waals surface area contributed by atoms with Crippen molar-refractivity contribution in [3.63, 3.8) is 0 Å². The standard InChI is InChI=1S/C18H22N2O6/c1-10-12(16(21)24-3)13-14(17(22)25-4)18(2,23)20(15(13)26-10)19-11-8-6-5-7-9-11/h5-9,13-15,19,23H,1-4H3/t13-,14+,15-,18-/m0/s1. The lowest BCUT2D eigenvalue weighted by molar-refractivity contribution is -0.166. The number of carbonyl (C=O) groups is 2. The van der Waals surface area contributed by atoms with Crippen LogP contribution in [-0.2, 0) is 23.8 Å². The molecule has 3 rings (SSSR count). The third-order valence-corrected chi connectivity index (χ3v) is 4.89. The topological polar surface area (TPSA) is 97.3 Å². The number of rotatable bonds is 4. The summed E-state index contributed by atoms with van der Waals surface area (Å²) in [5.41, 5.74) is 2.34. The molecule has 0 aromatic heterocycles. The molecule has 2 N–H and O–H groups in total. The van der Waals surface area contributed by atoms with E-state index in [-0.39, 0.29) is 5.57 Å². The summed E-state index contributed by atoms with van der Waals surface area (Å²) in [6.45, 7) is 3.12. The lowest BCUT2D eigenvalue weighted by Gasteiger charge is -2.36. The average molecular weight is 362 g/mol. The van der Waals surface area contributed by atoms with Crippen molar-refractivity contribution < 1.29 is 28.9 Å². The Hall–Kier alpha value is -2.58. The summed E-state index contributed by atoms with van der Waals surface area (Å²) in [7, 11) is 2.50. The average Bonchev–Trinajstić information content (AvgIpc) is 3.05. The van der Waals surface area contributed by atoms with Crippen molar-refractivity contribution in [1.29, 1.82) is 0 Å². The Bertz CT molecular complexity index is 745. The van der Waals surface area contributed by atoms with Gasteiger partial charge in [-0.1, -0.05) is 18.2 Å². The van der Waals surface area contributed by atoms with Crippen LogP contribution in [0.2, 0.25) is 0 Å². The van der Waals surface area contributed by atoms with Gasteiger partial charge in [0.1, 0.15) is 17.4 Å². The molecular formula is C18H22N2O6. The first-order valence-electron chi connectivity index (χ1n) is 8.20. The Morgan fingerprint density at radius 1 is 1.23 bits per heavy atom. The number of allylic oxidation sites excluding steroid dienone is 1. The van der Waals surface area contributed by atoms with Gasteiger partial charge in [0.15, 0.2) is 6.23 Å². The number of carbonyl (C=O) groups excluding carboxylic acids is 2. The molecule has 140 valence electrons. The molecule has 8 nitrogen and oxygen atoms in total. The zero-order chi connectivity index (χ0) is 19.1. The summed E-state index contributed by atoms with van der Waals surface area (Å²) in [5, 5.41) is 12.6. The first-order chi connectivity index (χ1) is 12.3. The fraction of sp³-hybridized carbons (Fsp3) is 0.444. The van der Waals surface area contributed by atoms with Gasteiger partial charge in [-0.05, 0) is 26.0 Å². The maximum Gasteiger partial charge on any atom is 0.337 e. The lowest BCUT2D eigenvalue weighted by Crippen LogP contribution is -2.53. The molecule has 2 heterocycles. The highest BCUT2D eigenvalue weighted by molar-refractivity contribution is 5.92. The molecule has 8 heteroatoms. The summed E-state index contributed by atoms with van der Waals surface area (Å²) in [4.78, 5) is 24.7. The third kappa shape index (κ3) is 2.71. The monoisotopic (exact) mass is 362 g/mol. The van der Waals surface area contributed by atoms with E-state index in [1.54, 1.807) is 6.92 Å². The number of hydrogen-bond donors (Lipinski definition) is 2. The van der Waals surface area contributed by atoms with E-state index in [2.05, 4.69) is 5.43 Å². The van der Waals surface area contributed by atoms with Gasteiger partial charge in [0.2, 0.25) is 0 Å². The Labute approximate surface area is 151 Å². The van der Waals surface area contributed by atoms with E-state index in [0.717, 1.165) is 0 Å².